The molecule has 2 saturated heterocycles. The lowest BCUT2D eigenvalue weighted by Crippen LogP contribution is -2.43. The molecule has 0 radical (unpaired) electrons. The van der Waals surface area contributed by atoms with Crippen molar-refractivity contribution in [1.29, 1.82) is 0 Å². The lowest BCUT2D eigenvalue weighted by Gasteiger charge is -2.34. The first kappa shape index (κ1) is 15.1. The molecule has 3 rings (SSSR count). The molecule has 1 N–H and O–H groups in total. The predicted molar refractivity (Wildman–Crippen MR) is 78.4 cm³/mol. The van der Waals surface area contributed by atoms with Gasteiger partial charge in [-0.05, 0) is 31.0 Å². The van der Waals surface area contributed by atoms with Gasteiger partial charge in [-0.2, -0.15) is 5.06 Å². The minimum absolute atomic E-state index is 0.113. The third-order valence-electron chi connectivity index (χ3n) is 4.54. The largest absolute Gasteiger partial charge is 0.493 e. The van der Waals surface area contributed by atoms with Crippen LogP contribution in [0.1, 0.15) is 36.0 Å². The highest BCUT2D eigenvalue weighted by molar-refractivity contribution is 5.90. The summed E-state index contributed by atoms with van der Waals surface area (Å²) in [5.74, 6) is 0.713. The molecule has 2 heterocycles. The molecule has 6 heteroatoms. The zero-order valence-corrected chi connectivity index (χ0v) is 12.8. The second-order valence-electron chi connectivity index (χ2n) is 5.83. The molecule has 0 unspecified atom stereocenters. The van der Waals surface area contributed by atoms with Gasteiger partial charge in [-0.15, -0.1) is 0 Å². The maximum absolute atomic E-state index is 12.3. The highest BCUT2D eigenvalue weighted by Gasteiger charge is 2.41. The van der Waals surface area contributed by atoms with Crippen molar-refractivity contribution < 1.29 is 24.2 Å². The summed E-state index contributed by atoms with van der Waals surface area (Å²) < 4.78 is 16.0. The van der Waals surface area contributed by atoms with Crippen molar-refractivity contribution in [2.24, 2.45) is 0 Å². The van der Waals surface area contributed by atoms with E-state index in [-0.39, 0.29) is 24.2 Å². The third kappa shape index (κ3) is 2.76. The summed E-state index contributed by atoms with van der Waals surface area (Å²) in [7, 11) is 3.08. The van der Waals surface area contributed by atoms with Crippen LogP contribution >= 0.6 is 0 Å². The molecule has 2 atom stereocenters. The summed E-state index contributed by atoms with van der Waals surface area (Å²) in [6.45, 7) is 0. The molecule has 1 aromatic carbocycles. The van der Waals surface area contributed by atoms with Crippen LogP contribution in [-0.2, 0) is 4.74 Å². The van der Waals surface area contributed by atoms with E-state index in [0.717, 1.165) is 12.8 Å². The summed E-state index contributed by atoms with van der Waals surface area (Å²) in [6.07, 6.45) is 3.16. The van der Waals surface area contributed by atoms with E-state index in [1.807, 2.05) is 0 Å². The van der Waals surface area contributed by atoms with Gasteiger partial charge in [0.25, 0.3) is 0 Å². The van der Waals surface area contributed by atoms with E-state index >= 15 is 0 Å². The standard InChI is InChI=1S/C16H21NO5/c1-20-14-6-3-10(7-15(14)21-2)16(18)22-13-8-11-4-5-12(9-13)17(11)19/h3,6-7,11-13,19H,4-5,8-9H2,1-2H3/t11-,12-/m0/s1. The van der Waals surface area contributed by atoms with Crippen molar-refractivity contribution in [2.75, 3.05) is 14.2 Å². The van der Waals surface area contributed by atoms with Gasteiger partial charge in [-0.3, -0.25) is 0 Å². The Hall–Kier alpha value is -1.79. The Labute approximate surface area is 129 Å². The lowest BCUT2D eigenvalue weighted by molar-refractivity contribution is -0.167. The second kappa shape index (κ2) is 6.14. The number of methoxy groups -OCH3 is 2. The average Bonchev–Trinajstić information content (AvgIpc) is 2.76. The molecule has 2 aliphatic rings. The molecule has 0 amide bonds. The van der Waals surface area contributed by atoms with Crippen molar-refractivity contribution in [1.82, 2.24) is 5.06 Å². The van der Waals surface area contributed by atoms with Gasteiger partial charge in [0, 0.05) is 24.9 Å². The zero-order valence-electron chi connectivity index (χ0n) is 12.8. The normalized spacial score (nSPS) is 27.5. The number of rotatable bonds is 4. The number of hydrogen-bond donors (Lipinski definition) is 1. The van der Waals surface area contributed by atoms with Gasteiger partial charge in [0.15, 0.2) is 11.5 Å². The van der Waals surface area contributed by atoms with Gasteiger partial charge in [0.05, 0.1) is 19.8 Å². The quantitative estimate of drug-likeness (QED) is 0.861. The van der Waals surface area contributed by atoms with Crippen LogP contribution in [0.15, 0.2) is 18.2 Å². The molecule has 2 bridgehead atoms. The van der Waals surface area contributed by atoms with Crippen LogP contribution in [0.25, 0.3) is 0 Å². The molecular weight excluding hydrogens is 286 g/mol. The van der Waals surface area contributed by atoms with E-state index in [9.17, 15) is 10.0 Å². The molecule has 1 aromatic rings. The first-order chi connectivity index (χ1) is 10.6. The van der Waals surface area contributed by atoms with Crippen LogP contribution in [0.3, 0.4) is 0 Å². The second-order valence-corrected chi connectivity index (χ2v) is 5.83. The van der Waals surface area contributed by atoms with Gasteiger partial charge in [0.2, 0.25) is 0 Å². The fourth-order valence-electron chi connectivity index (χ4n) is 3.38. The van der Waals surface area contributed by atoms with Gasteiger partial charge < -0.3 is 19.4 Å². The van der Waals surface area contributed by atoms with Crippen molar-refractivity contribution in [3.63, 3.8) is 0 Å². The number of ether oxygens (including phenoxy) is 3. The Morgan fingerprint density at radius 3 is 2.36 bits per heavy atom. The molecule has 2 fully saturated rings. The maximum Gasteiger partial charge on any atom is 0.338 e. The topological polar surface area (TPSA) is 68.2 Å². The smallest absolute Gasteiger partial charge is 0.338 e. The van der Waals surface area contributed by atoms with E-state index in [1.165, 1.54) is 12.2 Å². The highest BCUT2D eigenvalue weighted by Crippen LogP contribution is 2.36. The van der Waals surface area contributed by atoms with Crippen LogP contribution in [0.5, 0.6) is 11.5 Å². The molecule has 2 aliphatic heterocycles. The fourth-order valence-corrected chi connectivity index (χ4v) is 3.38. The van der Waals surface area contributed by atoms with E-state index < -0.39 is 0 Å². The number of benzene rings is 1. The first-order valence-electron chi connectivity index (χ1n) is 7.52. The van der Waals surface area contributed by atoms with Crippen LogP contribution in [0.2, 0.25) is 0 Å². The summed E-state index contributed by atoms with van der Waals surface area (Å²) >= 11 is 0. The molecule has 22 heavy (non-hydrogen) atoms. The molecule has 6 nitrogen and oxygen atoms in total. The number of carbonyl (C=O) groups excluding carboxylic acids is 1. The van der Waals surface area contributed by atoms with Crippen LogP contribution in [0.4, 0.5) is 0 Å². The highest BCUT2D eigenvalue weighted by atomic mass is 16.5. The third-order valence-corrected chi connectivity index (χ3v) is 4.54. The van der Waals surface area contributed by atoms with Crippen molar-refractivity contribution in [2.45, 2.75) is 43.9 Å². The Morgan fingerprint density at radius 1 is 1.14 bits per heavy atom. The molecule has 0 aliphatic carbocycles. The number of hydrogen-bond acceptors (Lipinski definition) is 6. The first-order valence-corrected chi connectivity index (χ1v) is 7.52. The van der Waals surface area contributed by atoms with Crippen molar-refractivity contribution >= 4 is 5.97 Å². The summed E-state index contributed by atoms with van der Waals surface area (Å²) in [5, 5.41) is 11.3. The number of hydroxylamine groups is 2. The molecule has 0 aromatic heterocycles. The maximum atomic E-state index is 12.3. The minimum atomic E-state index is -0.364. The zero-order chi connectivity index (χ0) is 15.7. The van der Waals surface area contributed by atoms with Crippen molar-refractivity contribution in [3.8, 4) is 11.5 Å². The van der Waals surface area contributed by atoms with Crippen LogP contribution in [0, 0.1) is 0 Å². The Bertz CT molecular complexity index is 547. The van der Waals surface area contributed by atoms with Crippen LogP contribution < -0.4 is 9.47 Å². The van der Waals surface area contributed by atoms with E-state index in [4.69, 9.17) is 14.2 Å². The van der Waals surface area contributed by atoms with Gasteiger partial charge in [-0.1, -0.05) is 0 Å². The number of fused-ring (bicyclic) bond motifs is 2. The van der Waals surface area contributed by atoms with E-state index in [1.54, 1.807) is 25.3 Å². The molecule has 120 valence electrons. The number of nitrogens with zero attached hydrogens (tertiary/aromatic N) is 1. The van der Waals surface area contributed by atoms with E-state index in [0.29, 0.717) is 29.9 Å². The molecule has 0 saturated carbocycles. The van der Waals surface area contributed by atoms with Crippen molar-refractivity contribution in [3.05, 3.63) is 23.8 Å². The Kier molecular flexibility index (Phi) is 4.22. The predicted octanol–water partition coefficient (Wildman–Crippen LogP) is 2.25. The summed E-state index contributed by atoms with van der Waals surface area (Å²) in [6, 6.07) is 5.20. The summed E-state index contributed by atoms with van der Waals surface area (Å²) in [5.41, 5.74) is 0.441. The minimum Gasteiger partial charge on any atom is -0.493 e. The van der Waals surface area contributed by atoms with Gasteiger partial charge >= 0.3 is 5.97 Å². The monoisotopic (exact) mass is 307 g/mol. The fraction of sp³-hybridized carbons (Fsp3) is 0.562. The Morgan fingerprint density at radius 2 is 1.77 bits per heavy atom. The SMILES string of the molecule is COc1ccc(C(=O)OC2C[C@@H]3CC[C@@H](C2)N3O)cc1OC. The molecular formula is C16H21NO5. The van der Waals surface area contributed by atoms with E-state index in [2.05, 4.69) is 0 Å². The van der Waals surface area contributed by atoms with Gasteiger partial charge in [0.1, 0.15) is 6.10 Å². The average molecular weight is 307 g/mol. The molecule has 0 spiro atoms. The number of carbonyl (C=O) groups is 1. The lowest BCUT2D eigenvalue weighted by atomic mass is 10.0. The Balaban J connectivity index is 1.67. The van der Waals surface area contributed by atoms with Gasteiger partial charge in [-0.25, -0.2) is 4.79 Å². The van der Waals surface area contributed by atoms with Crippen LogP contribution in [-0.4, -0.2) is 48.6 Å². The number of piperidine rings is 1. The number of esters is 1. The summed E-state index contributed by atoms with van der Waals surface area (Å²) in [4.78, 5) is 12.3.